The third kappa shape index (κ3) is 6.76. The number of carbonyl (C=O) groups excluding carboxylic acids is 1. The maximum atomic E-state index is 12.4. The van der Waals surface area contributed by atoms with Crippen LogP contribution in [0, 0.1) is 0 Å². The summed E-state index contributed by atoms with van der Waals surface area (Å²) in [4.78, 5) is 14.0. The van der Waals surface area contributed by atoms with Crippen LogP contribution in [0.25, 0.3) is 0 Å². The van der Waals surface area contributed by atoms with Gasteiger partial charge in [-0.3, -0.25) is 4.79 Å². The lowest BCUT2D eigenvalue weighted by Gasteiger charge is -2.29. The fraction of sp³-hybridized carbons (Fsp3) is 0.929. The van der Waals surface area contributed by atoms with E-state index in [1.165, 1.54) is 0 Å². The highest BCUT2D eigenvalue weighted by atomic mass is 32.2. The molecule has 0 bridgehead atoms. The second-order valence-corrected chi connectivity index (χ2v) is 8.79. The second kappa shape index (κ2) is 7.56. The molecule has 6 nitrogen and oxygen atoms in total. The molecule has 1 rings (SSSR count). The van der Waals surface area contributed by atoms with Gasteiger partial charge < -0.3 is 15.0 Å². The Balaban J connectivity index is 2.58. The molecule has 0 saturated carbocycles. The summed E-state index contributed by atoms with van der Waals surface area (Å²) in [6.07, 6.45) is 0.905. The predicted molar refractivity (Wildman–Crippen MR) is 83.0 cm³/mol. The standard InChI is InChI=1S/C14H28N2O4S/c1-14(2,3)15-7-5-13(17)16(8-9-20-4)12-6-10-21(18,19)11-12/h12,15H,5-11H2,1-4H3. The van der Waals surface area contributed by atoms with E-state index in [-0.39, 0.29) is 29.0 Å². The van der Waals surface area contributed by atoms with Gasteiger partial charge in [-0.2, -0.15) is 0 Å². The zero-order valence-corrected chi connectivity index (χ0v) is 14.3. The van der Waals surface area contributed by atoms with Crippen molar-refractivity contribution in [2.45, 2.75) is 45.2 Å². The van der Waals surface area contributed by atoms with Crippen LogP contribution in [0.3, 0.4) is 0 Å². The monoisotopic (exact) mass is 320 g/mol. The number of sulfone groups is 1. The molecule has 124 valence electrons. The smallest absolute Gasteiger partial charge is 0.224 e. The first-order valence-corrected chi connectivity index (χ1v) is 9.20. The van der Waals surface area contributed by atoms with Crippen molar-refractivity contribution in [3.05, 3.63) is 0 Å². The average Bonchev–Trinajstić information content (AvgIpc) is 2.68. The molecule has 21 heavy (non-hydrogen) atoms. The maximum Gasteiger partial charge on any atom is 0.224 e. The average molecular weight is 320 g/mol. The molecule has 7 heteroatoms. The number of nitrogens with zero attached hydrogens (tertiary/aromatic N) is 1. The van der Waals surface area contributed by atoms with Gasteiger partial charge in [0, 0.05) is 38.2 Å². The summed E-state index contributed by atoms with van der Waals surface area (Å²) < 4.78 is 28.2. The lowest BCUT2D eigenvalue weighted by molar-refractivity contribution is -0.133. The minimum absolute atomic E-state index is 0.00843. The number of methoxy groups -OCH3 is 1. The van der Waals surface area contributed by atoms with Gasteiger partial charge in [-0.1, -0.05) is 0 Å². The van der Waals surface area contributed by atoms with Gasteiger partial charge in [0.05, 0.1) is 18.1 Å². The molecule has 0 radical (unpaired) electrons. The molecule has 1 aliphatic heterocycles. The van der Waals surface area contributed by atoms with E-state index in [2.05, 4.69) is 5.32 Å². The molecule has 0 aliphatic carbocycles. The van der Waals surface area contributed by atoms with Gasteiger partial charge in [0.25, 0.3) is 0 Å². The van der Waals surface area contributed by atoms with E-state index in [1.54, 1.807) is 12.0 Å². The number of nitrogens with one attached hydrogen (secondary N) is 1. The highest BCUT2D eigenvalue weighted by molar-refractivity contribution is 7.91. The molecule has 0 aromatic rings. The van der Waals surface area contributed by atoms with Gasteiger partial charge in [-0.15, -0.1) is 0 Å². The summed E-state index contributed by atoms with van der Waals surface area (Å²) >= 11 is 0. The van der Waals surface area contributed by atoms with Crippen LogP contribution in [0.4, 0.5) is 0 Å². The van der Waals surface area contributed by atoms with E-state index >= 15 is 0 Å². The first-order valence-electron chi connectivity index (χ1n) is 7.38. The maximum absolute atomic E-state index is 12.4. The Labute approximate surface area is 128 Å². The third-order valence-corrected chi connectivity index (χ3v) is 5.25. The Morgan fingerprint density at radius 2 is 2.05 bits per heavy atom. The van der Waals surface area contributed by atoms with Crippen LogP contribution in [0.15, 0.2) is 0 Å². The molecule has 1 unspecified atom stereocenters. The van der Waals surface area contributed by atoms with Crippen LogP contribution in [-0.2, 0) is 19.4 Å². The number of amides is 1. The van der Waals surface area contributed by atoms with Crippen molar-refractivity contribution in [2.75, 3.05) is 38.3 Å². The summed E-state index contributed by atoms with van der Waals surface area (Å²) in [5.74, 6) is 0.245. The highest BCUT2D eigenvalue weighted by Gasteiger charge is 2.34. The van der Waals surface area contributed by atoms with Gasteiger partial charge in [-0.05, 0) is 27.2 Å². The molecule has 1 fully saturated rings. The van der Waals surface area contributed by atoms with E-state index in [0.29, 0.717) is 32.5 Å². The Morgan fingerprint density at radius 1 is 1.38 bits per heavy atom. The SMILES string of the molecule is COCCN(C(=O)CCNC(C)(C)C)C1CCS(=O)(=O)C1. The molecular weight excluding hydrogens is 292 g/mol. The summed E-state index contributed by atoms with van der Waals surface area (Å²) in [6.45, 7) is 7.60. The summed E-state index contributed by atoms with van der Waals surface area (Å²) in [7, 11) is -1.41. The highest BCUT2D eigenvalue weighted by Crippen LogP contribution is 2.18. The molecular formula is C14H28N2O4S. The minimum atomic E-state index is -2.99. The Hall–Kier alpha value is -0.660. The lowest BCUT2D eigenvalue weighted by atomic mass is 10.1. The molecule has 0 aromatic heterocycles. The van der Waals surface area contributed by atoms with Crippen molar-refractivity contribution < 1.29 is 17.9 Å². The van der Waals surface area contributed by atoms with Crippen molar-refractivity contribution in [2.24, 2.45) is 0 Å². The van der Waals surface area contributed by atoms with E-state index in [0.717, 1.165) is 0 Å². The zero-order valence-electron chi connectivity index (χ0n) is 13.5. The van der Waals surface area contributed by atoms with Crippen LogP contribution >= 0.6 is 0 Å². The topological polar surface area (TPSA) is 75.7 Å². The molecule has 1 aliphatic rings. The van der Waals surface area contributed by atoms with Crippen molar-refractivity contribution >= 4 is 15.7 Å². The van der Waals surface area contributed by atoms with Crippen molar-refractivity contribution in [3.8, 4) is 0 Å². The van der Waals surface area contributed by atoms with Crippen molar-refractivity contribution in [1.82, 2.24) is 10.2 Å². The van der Waals surface area contributed by atoms with Gasteiger partial charge in [0.2, 0.25) is 5.91 Å². The zero-order chi connectivity index (χ0) is 16.1. The summed E-state index contributed by atoms with van der Waals surface area (Å²) in [5, 5.41) is 3.27. The Kier molecular flexibility index (Phi) is 6.62. The number of carbonyl (C=O) groups is 1. The first-order chi connectivity index (χ1) is 9.64. The molecule has 1 atom stereocenters. The van der Waals surface area contributed by atoms with Gasteiger partial charge in [0.1, 0.15) is 0 Å². The van der Waals surface area contributed by atoms with E-state index in [9.17, 15) is 13.2 Å². The van der Waals surface area contributed by atoms with Crippen molar-refractivity contribution in [3.63, 3.8) is 0 Å². The van der Waals surface area contributed by atoms with Crippen LogP contribution in [0.5, 0.6) is 0 Å². The fourth-order valence-electron chi connectivity index (χ4n) is 2.41. The van der Waals surface area contributed by atoms with Gasteiger partial charge in [-0.25, -0.2) is 8.42 Å². The van der Waals surface area contributed by atoms with Crippen molar-refractivity contribution in [1.29, 1.82) is 0 Å². The van der Waals surface area contributed by atoms with Crippen LogP contribution in [0.2, 0.25) is 0 Å². The van der Waals surface area contributed by atoms with E-state index in [4.69, 9.17) is 4.74 Å². The predicted octanol–water partition coefficient (Wildman–Crippen LogP) is 0.427. The number of ether oxygens (including phenoxy) is 1. The normalized spacial score (nSPS) is 21.4. The number of rotatable bonds is 7. The summed E-state index contributed by atoms with van der Waals surface area (Å²) in [5.41, 5.74) is -0.0334. The number of hydrogen-bond donors (Lipinski definition) is 1. The molecule has 1 saturated heterocycles. The van der Waals surface area contributed by atoms with Gasteiger partial charge >= 0.3 is 0 Å². The van der Waals surface area contributed by atoms with Crippen LogP contribution in [0.1, 0.15) is 33.6 Å². The second-order valence-electron chi connectivity index (χ2n) is 6.56. The molecule has 0 aromatic carbocycles. The molecule has 1 amide bonds. The first kappa shape index (κ1) is 18.4. The van der Waals surface area contributed by atoms with E-state index in [1.807, 2.05) is 20.8 Å². The Bertz CT molecular complexity index is 442. The summed E-state index contributed by atoms with van der Waals surface area (Å²) in [6, 6.07) is -0.202. The molecule has 1 N–H and O–H groups in total. The molecule has 1 heterocycles. The van der Waals surface area contributed by atoms with Crippen LogP contribution < -0.4 is 5.32 Å². The largest absolute Gasteiger partial charge is 0.383 e. The molecule has 0 spiro atoms. The Morgan fingerprint density at radius 3 is 2.52 bits per heavy atom. The van der Waals surface area contributed by atoms with Gasteiger partial charge in [0.15, 0.2) is 9.84 Å². The minimum Gasteiger partial charge on any atom is -0.383 e. The quantitative estimate of drug-likeness (QED) is 0.736. The third-order valence-electron chi connectivity index (χ3n) is 3.50. The fourth-order valence-corrected chi connectivity index (χ4v) is 4.14. The van der Waals surface area contributed by atoms with E-state index < -0.39 is 9.84 Å². The lowest BCUT2D eigenvalue weighted by Crippen LogP contribution is -2.45. The van der Waals surface area contributed by atoms with Crippen LogP contribution in [-0.4, -0.2) is 69.1 Å². The number of hydrogen-bond acceptors (Lipinski definition) is 5.